The maximum absolute atomic E-state index is 11.9. The topological polar surface area (TPSA) is 23.6 Å². The number of hydrogen-bond acceptors (Lipinski definition) is 2. The van der Waals surface area contributed by atoms with Crippen LogP contribution in [0.15, 0.2) is 18.2 Å². The van der Waals surface area contributed by atoms with Crippen molar-refractivity contribution in [2.75, 3.05) is 32.6 Å². The van der Waals surface area contributed by atoms with Gasteiger partial charge in [-0.1, -0.05) is 0 Å². The lowest BCUT2D eigenvalue weighted by molar-refractivity contribution is 0.0827. The summed E-state index contributed by atoms with van der Waals surface area (Å²) in [6.07, 6.45) is 3.51. The Hall–Kier alpha value is -1.51. The zero-order valence-electron chi connectivity index (χ0n) is 10.9. The lowest BCUT2D eigenvalue weighted by atomic mass is 10.0. The Balaban J connectivity index is 2.36. The number of fused-ring (bicyclic) bond motifs is 1. The van der Waals surface area contributed by atoms with Crippen molar-refractivity contribution in [2.45, 2.75) is 19.3 Å². The molecule has 0 unspecified atom stereocenters. The van der Waals surface area contributed by atoms with Gasteiger partial charge in [-0.15, -0.1) is 0 Å². The third-order valence-corrected chi connectivity index (χ3v) is 3.33. The molecule has 0 saturated heterocycles. The summed E-state index contributed by atoms with van der Waals surface area (Å²) < 4.78 is 0. The summed E-state index contributed by atoms with van der Waals surface area (Å²) >= 11 is 0. The fraction of sp³-hybridized carbons (Fsp3) is 0.500. The molecular weight excluding hydrogens is 212 g/mol. The Labute approximate surface area is 103 Å². The molecular formula is C14H20N2O. The van der Waals surface area contributed by atoms with Crippen molar-refractivity contribution in [2.24, 2.45) is 0 Å². The van der Waals surface area contributed by atoms with Crippen LogP contribution in [0.2, 0.25) is 0 Å². The molecule has 0 fully saturated rings. The molecule has 0 N–H and O–H groups in total. The quantitative estimate of drug-likeness (QED) is 0.741. The first kappa shape index (κ1) is 12.0. The second-order valence-corrected chi connectivity index (χ2v) is 4.92. The van der Waals surface area contributed by atoms with Crippen LogP contribution in [0.25, 0.3) is 0 Å². The molecule has 1 aliphatic rings. The molecule has 0 aromatic heterocycles. The highest BCUT2D eigenvalue weighted by molar-refractivity contribution is 5.94. The van der Waals surface area contributed by atoms with Gasteiger partial charge in [0.2, 0.25) is 0 Å². The van der Waals surface area contributed by atoms with Crippen LogP contribution in [-0.2, 0) is 6.42 Å². The smallest absolute Gasteiger partial charge is 0.253 e. The van der Waals surface area contributed by atoms with Crippen molar-refractivity contribution in [1.82, 2.24) is 4.90 Å². The van der Waals surface area contributed by atoms with Crippen LogP contribution in [0, 0.1) is 0 Å². The Morgan fingerprint density at radius 1 is 1.29 bits per heavy atom. The van der Waals surface area contributed by atoms with Crippen LogP contribution in [0.5, 0.6) is 0 Å². The molecule has 0 radical (unpaired) electrons. The number of aryl methyl sites for hydroxylation is 1. The van der Waals surface area contributed by atoms with E-state index < -0.39 is 0 Å². The van der Waals surface area contributed by atoms with Gasteiger partial charge in [0.05, 0.1) is 0 Å². The van der Waals surface area contributed by atoms with E-state index in [1.54, 1.807) is 19.0 Å². The molecule has 0 aliphatic carbocycles. The van der Waals surface area contributed by atoms with Crippen LogP contribution in [0.3, 0.4) is 0 Å². The highest BCUT2D eigenvalue weighted by Gasteiger charge is 2.15. The van der Waals surface area contributed by atoms with E-state index in [4.69, 9.17) is 0 Å². The minimum Gasteiger partial charge on any atom is -0.374 e. The lowest BCUT2D eigenvalue weighted by Crippen LogP contribution is -2.22. The van der Waals surface area contributed by atoms with Gasteiger partial charge in [-0.3, -0.25) is 4.79 Å². The van der Waals surface area contributed by atoms with Crippen LogP contribution in [0.1, 0.15) is 28.8 Å². The first-order chi connectivity index (χ1) is 8.09. The van der Waals surface area contributed by atoms with E-state index in [2.05, 4.69) is 24.1 Å². The molecule has 1 aromatic rings. The molecule has 0 spiro atoms. The summed E-state index contributed by atoms with van der Waals surface area (Å²) in [5.41, 5.74) is 3.37. The number of hydrogen-bond donors (Lipinski definition) is 0. The third-order valence-electron chi connectivity index (χ3n) is 3.33. The van der Waals surface area contributed by atoms with Gasteiger partial charge in [-0.2, -0.15) is 0 Å². The SMILES string of the molecule is CN(C)C(=O)c1ccc2c(c1)CCCCN2C. The van der Waals surface area contributed by atoms with Crippen molar-refractivity contribution in [1.29, 1.82) is 0 Å². The number of nitrogens with zero attached hydrogens (tertiary/aromatic N) is 2. The van der Waals surface area contributed by atoms with Gasteiger partial charge >= 0.3 is 0 Å². The summed E-state index contributed by atoms with van der Waals surface area (Å²) in [6, 6.07) is 6.07. The largest absolute Gasteiger partial charge is 0.374 e. The van der Waals surface area contributed by atoms with Crippen molar-refractivity contribution in [3.8, 4) is 0 Å². The zero-order valence-corrected chi connectivity index (χ0v) is 10.9. The van der Waals surface area contributed by atoms with Crippen molar-refractivity contribution >= 4 is 11.6 Å². The minimum atomic E-state index is 0.0831. The first-order valence-corrected chi connectivity index (χ1v) is 6.15. The molecule has 1 heterocycles. The predicted octanol–water partition coefficient (Wildman–Crippen LogP) is 2.16. The van der Waals surface area contributed by atoms with E-state index in [0.717, 1.165) is 18.5 Å². The fourth-order valence-corrected chi connectivity index (χ4v) is 2.33. The molecule has 2 rings (SSSR count). The van der Waals surface area contributed by atoms with E-state index in [-0.39, 0.29) is 5.91 Å². The molecule has 1 aliphatic heterocycles. The number of anilines is 1. The molecule has 17 heavy (non-hydrogen) atoms. The highest BCUT2D eigenvalue weighted by atomic mass is 16.2. The molecule has 3 heteroatoms. The Morgan fingerprint density at radius 3 is 2.76 bits per heavy atom. The summed E-state index contributed by atoms with van der Waals surface area (Å²) in [5, 5.41) is 0. The Bertz CT molecular complexity index is 426. The molecule has 92 valence electrons. The predicted molar refractivity (Wildman–Crippen MR) is 70.7 cm³/mol. The standard InChI is InChI=1S/C14H20N2O/c1-15(2)14(17)12-7-8-13-11(10-12)6-4-5-9-16(13)3/h7-8,10H,4-6,9H2,1-3H3. The van der Waals surface area contributed by atoms with Crippen molar-refractivity contribution < 1.29 is 4.79 Å². The Kier molecular flexibility index (Phi) is 3.36. The third kappa shape index (κ3) is 2.43. The monoisotopic (exact) mass is 232 g/mol. The van der Waals surface area contributed by atoms with Crippen molar-refractivity contribution in [3.63, 3.8) is 0 Å². The van der Waals surface area contributed by atoms with E-state index >= 15 is 0 Å². The fourth-order valence-electron chi connectivity index (χ4n) is 2.33. The summed E-state index contributed by atoms with van der Waals surface area (Å²) in [5.74, 6) is 0.0831. The van der Waals surface area contributed by atoms with Crippen LogP contribution in [-0.4, -0.2) is 38.5 Å². The maximum Gasteiger partial charge on any atom is 0.253 e. The first-order valence-electron chi connectivity index (χ1n) is 6.15. The van der Waals surface area contributed by atoms with Gasteiger partial charge in [-0.05, 0) is 43.0 Å². The van der Waals surface area contributed by atoms with Gasteiger partial charge in [0, 0.05) is 38.9 Å². The second-order valence-electron chi connectivity index (χ2n) is 4.92. The van der Waals surface area contributed by atoms with Gasteiger partial charge in [0.15, 0.2) is 0 Å². The van der Waals surface area contributed by atoms with Crippen LogP contribution >= 0.6 is 0 Å². The molecule has 0 saturated carbocycles. The maximum atomic E-state index is 11.9. The van der Waals surface area contributed by atoms with Crippen LogP contribution < -0.4 is 4.90 Å². The van der Waals surface area contributed by atoms with Gasteiger partial charge < -0.3 is 9.80 Å². The number of rotatable bonds is 1. The van der Waals surface area contributed by atoms with E-state index in [1.165, 1.54) is 24.1 Å². The lowest BCUT2D eigenvalue weighted by Gasteiger charge is -2.20. The highest BCUT2D eigenvalue weighted by Crippen LogP contribution is 2.26. The van der Waals surface area contributed by atoms with E-state index in [0.29, 0.717) is 0 Å². The molecule has 1 amide bonds. The van der Waals surface area contributed by atoms with Gasteiger partial charge in [0.1, 0.15) is 0 Å². The van der Waals surface area contributed by atoms with Gasteiger partial charge in [0.25, 0.3) is 5.91 Å². The number of benzene rings is 1. The summed E-state index contributed by atoms with van der Waals surface area (Å²) in [7, 11) is 5.71. The number of carbonyl (C=O) groups is 1. The van der Waals surface area contributed by atoms with E-state index in [9.17, 15) is 4.79 Å². The Morgan fingerprint density at radius 2 is 2.06 bits per heavy atom. The average molecular weight is 232 g/mol. The second kappa shape index (κ2) is 4.78. The number of amides is 1. The van der Waals surface area contributed by atoms with Gasteiger partial charge in [-0.25, -0.2) is 0 Å². The minimum absolute atomic E-state index is 0.0831. The molecule has 0 atom stereocenters. The average Bonchev–Trinajstić information content (AvgIpc) is 2.50. The normalized spacial score (nSPS) is 15.1. The molecule has 0 bridgehead atoms. The van der Waals surface area contributed by atoms with E-state index in [1.807, 2.05) is 6.07 Å². The summed E-state index contributed by atoms with van der Waals surface area (Å²) in [6.45, 7) is 1.11. The van der Waals surface area contributed by atoms with Crippen molar-refractivity contribution in [3.05, 3.63) is 29.3 Å². The van der Waals surface area contributed by atoms with Crippen LogP contribution in [0.4, 0.5) is 5.69 Å². The molecule has 3 nitrogen and oxygen atoms in total. The molecule has 1 aromatic carbocycles. The zero-order chi connectivity index (χ0) is 12.4. The summed E-state index contributed by atoms with van der Waals surface area (Å²) in [4.78, 5) is 15.8. The number of carbonyl (C=O) groups excluding carboxylic acids is 1.